The predicted molar refractivity (Wildman–Crippen MR) is 85.7 cm³/mol. The molecule has 0 saturated carbocycles. The van der Waals surface area contributed by atoms with Crippen molar-refractivity contribution in [2.45, 2.75) is 12.5 Å². The minimum Gasteiger partial charge on any atom is -0.388 e. The molecule has 0 spiro atoms. The number of rotatable bonds is 3. The molecule has 4 heteroatoms. The lowest BCUT2D eigenvalue weighted by Gasteiger charge is -2.10. The van der Waals surface area contributed by atoms with Crippen LogP contribution in [-0.4, -0.2) is 14.5 Å². The maximum absolute atomic E-state index is 10.5. The number of imidazole rings is 1. The summed E-state index contributed by atoms with van der Waals surface area (Å²) in [6.45, 7) is 0. The van der Waals surface area contributed by atoms with Crippen LogP contribution < -0.4 is 0 Å². The number of hydrogen-bond donors (Lipinski definition) is 1. The van der Waals surface area contributed by atoms with Gasteiger partial charge in [0.1, 0.15) is 0 Å². The van der Waals surface area contributed by atoms with E-state index in [-0.39, 0.29) is 0 Å². The van der Waals surface area contributed by atoms with Gasteiger partial charge in [0.05, 0.1) is 11.8 Å². The molecule has 0 aliphatic heterocycles. The molecule has 1 N–H and O–H groups in total. The van der Waals surface area contributed by atoms with E-state index in [0.29, 0.717) is 6.42 Å². The maximum atomic E-state index is 10.5. The number of benzene rings is 2. The Morgan fingerprint density at radius 1 is 1.14 bits per heavy atom. The summed E-state index contributed by atoms with van der Waals surface area (Å²) in [6.07, 6.45) is 3.97. The summed E-state index contributed by atoms with van der Waals surface area (Å²) < 4.78 is 1.99. The van der Waals surface area contributed by atoms with E-state index in [1.54, 1.807) is 11.3 Å². The molecule has 2 aromatic carbocycles. The second kappa shape index (κ2) is 4.98. The van der Waals surface area contributed by atoms with Crippen molar-refractivity contribution in [3.8, 4) is 0 Å². The Balaban J connectivity index is 1.63. The third-order valence-corrected chi connectivity index (χ3v) is 4.47. The van der Waals surface area contributed by atoms with Crippen molar-refractivity contribution in [2.75, 3.05) is 0 Å². The number of nitrogens with zero attached hydrogens (tertiary/aromatic N) is 2. The van der Waals surface area contributed by atoms with Crippen molar-refractivity contribution in [3.63, 3.8) is 0 Å². The van der Waals surface area contributed by atoms with Gasteiger partial charge in [-0.05, 0) is 22.4 Å². The molecule has 104 valence electrons. The zero-order valence-electron chi connectivity index (χ0n) is 11.3. The molecule has 0 bridgehead atoms. The fourth-order valence-electron chi connectivity index (χ4n) is 2.61. The van der Waals surface area contributed by atoms with E-state index in [9.17, 15) is 5.11 Å². The highest BCUT2D eigenvalue weighted by atomic mass is 32.1. The van der Waals surface area contributed by atoms with Crippen LogP contribution in [0.5, 0.6) is 0 Å². The number of aromatic nitrogens is 2. The molecule has 0 radical (unpaired) electrons. The van der Waals surface area contributed by atoms with Gasteiger partial charge in [-0.25, -0.2) is 4.98 Å². The van der Waals surface area contributed by atoms with Crippen LogP contribution >= 0.6 is 11.3 Å². The fraction of sp³-hybridized carbons (Fsp3) is 0.118. The van der Waals surface area contributed by atoms with Crippen molar-refractivity contribution in [1.29, 1.82) is 0 Å². The Labute approximate surface area is 126 Å². The van der Waals surface area contributed by atoms with Crippen LogP contribution in [0.3, 0.4) is 0 Å². The molecule has 0 aliphatic rings. The molecule has 1 unspecified atom stereocenters. The number of aliphatic hydroxyl groups excluding tert-OH is 1. The maximum Gasteiger partial charge on any atom is 0.193 e. The van der Waals surface area contributed by atoms with Gasteiger partial charge in [-0.15, -0.1) is 11.3 Å². The topological polar surface area (TPSA) is 37.5 Å². The lowest BCUT2D eigenvalue weighted by atomic mass is 10.0. The largest absolute Gasteiger partial charge is 0.388 e. The highest BCUT2D eigenvalue weighted by Gasteiger charge is 2.12. The van der Waals surface area contributed by atoms with Crippen LogP contribution in [0.25, 0.3) is 15.7 Å². The van der Waals surface area contributed by atoms with Gasteiger partial charge >= 0.3 is 0 Å². The summed E-state index contributed by atoms with van der Waals surface area (Å²) >= 11 is 1.60. The predicted octanol–water partition coefficient (Wildman–Crippen LogP) is 3.83. The Kier molecular flexibility index (Phi) is 2.98. The minimum atomic E-state index is -0.529. The molecule has 4 aromatic rings. The smallest absolute Gasteiger partial charge is 0.193 e. The van der Waals surface area contributed by atoms with Gasteiger partial charge < -0.3 is 5.11 Å². The number of fused-ring (bicyclic) bond motifs is 2. The highest BCUT2D eigenvalue weighted by Crippen LogP contribution is 2.23. The molecular formula is C17H14N2OS. The lowest BCUT2D eigenvalue weighted by Crippen LogP contribution is -2.02. The standard InChI is InChI=1S/C17H14N2OS/c20-16(10-15-11-19-7-8-21-17(19)18-15)14-6-5-12-3-1-2-4-13(12)9-14/h1-9,11,16,20H,10H2. The quantitative estimate of drug-likeness (QED) is 0.623. The summed E-state index contributed by atoms with van der Waals surface area (Å²) in [5.74, 6) is 0. The zero-order valence-corrected chi connectivity index (χ0v) is 12.1. The first-order chi connectivity index (χ1) is 10.3. The Morgan fingerprint density at radius 3 is 2.86 bits per heavy atom. The normalized spacial score (nSPS) is 13.0. The molecule has 1 atom stereocenters. The second-order valence-corrected chi connectivity index (χ2v) is 6.02. The van der Waals surface area contributed by atoms with Gasteiger partial charge in [0, 0.05) is 24.2 Å². The first kappa shape index (κ1) is 12.6. The molecule has 0 fully saturated rings. The summed E-state index contributed by atoms with van der Waals surface area (Å²) in [4.78, 5) is 5.49. The second-order valence-electron chi connectivity index (χ2n) is 5.15. The van der Waals surface area contributed by atoms with Crippen LogP contribution in [0.2, 0.25) is 0 Å². The van der Waals surface area contributed by atoms with E-state index < -0.39 is 6.10 Å². The van der Waals surface area contributed by atoms with Gasteiger partial charge in [-0.1, -0.05) is 36.4 Å². The SMILES string of the molecule is OC(Cc1cn2ccsc2n1)c1ccc2ccccc2c1. The molecule has 3 nitrogen and oxygen atoms in total. The van der Waals surface area contributed by atoms with E-state index in [1.165, 1.54) is 5.39 Å². The lowest BCUT2D eigenvalue weighted by molar-refractivity contribution is 0.177. The van der Waals surface area contributed by atoms with Crippen molar-refractivity contribution in [2.24, 2.45) is 0 Å². The van der Waals surface area contributed by atoms with Gasteiger partial charge in [0.25, 0.3) is 0 Å². The van der Waals surface area contributed by atoms with Crippen molar-refractivity contribution in [1.82, 2.24) is 9.38 Å². The van der Waals surface area contributed by atoms with Crippen LogP contribution in [0.15, 0.2) is 60.2 Å². The summed E-state index contributed by atoms with van der Waals surface area (Å²) in [6, 6.07) is 14.3. The van der Waals surface area contributed by atoms with Crippen LogP contribution in [-0.2, 0) is 6.42 Å². The van der Waals surface area contributed by atoms with E-state index in [0.717, 1.165) is 21.6 Å². The van der Waals surface area contributed by atoms with Gasteiger partial charge in [0.15, 0.2) is 4.96 Å². The zero-order chi connectivity index (χ0) is 14.2. The average Bonchev–Trinajstić information content (AvgIpc) is 3.08. The number of thiazole rings is 1. The van der Waals surface area contributed by atoms with Gasteiger partial charge in [-0.2, -0.15) is 0 Å². The molecule has 4 rings (SSSR count). The number of aliphatic hydroxyl groups is 1. The molecule has 0 saturated heterocycles. The molecular weight excluding hydrogens is 280 g/mol. The molecule has 0 aliphatic carbocycles. The van der Waals surface area contributed by atoms with Crippen LogP contribution in [0.1, 0.15) is 17.4 Å². The first-order valence-corrected chi connectivity index (χ1v) is 7.75. The number of hydrogen-bond acceptors (Lipinski definition) is 3. The average molecular weight is 294 g/mol. The third kappa shape index (κ3) is 2.33. The fourth-order valence-corrected chi connectivity index (χ4v) is 3.32. The van der Waals surface area contributed by atoms with E-state index >= 15 is 0 Å². The Hall–Kier alpha value is -2.17. The van der Waals surface area contributed by atoms with E-state index in [4.69, 9.17) is 0 Å². The van der Waals surface area contributed by atoms with Gasteiger partial charge in [0.2, 0.25) is 0 Å². The van der Waals surface area contributed by atoms with Crippen molar-refractivity contribution >= 4 is 27.1 Å². The van der Waals surface area contributed by atoms with E-state index in [1.807, 2.05) is 40.4 Å². The minimum absolute atomic E-state index is 0.529. The Bertz CT molecular complexity index is 881. The van der Waals surface area contributed by atoms with Crippen molar-refractivity contribution < 1.29 is 5.11 Å². The summed E-state index contributed by atoms with van der Waals surface area (Å²) in [5, 5.41) is 14.8. The summed E-state index contributed by atoms with van der Waals surface area (Å²) in [5.41, 5.74) is 1.85. The van der Waals surface area contributed by atoms with E-state index in [2.05, 4.69) is 29.2 Å². The molecule has 2 aromatic heterocycles. The van der Waals surface area contributed by atoms with Crippen molar-refractivity contribution in [3.05, 3.63) is 71.5 Å². The summed E-state index contributed by atoms with van der Waals surface area (Å²) in [7, 11) is 0. The first-order valence-electron chi connectivity index (χ1n) is 6.87. The molecule has 0 amide bonds. The third-order valence-electron chi connectivity index (χ3n) is 3.70. The highest BCUT2D eigenvalue weighted by molar-refractivity contribution is 7.15. The Morgan fingerprint density at radius 2 is 2.00 bits per heavy atom. The van der Waals surface area contributed by atoms with Gasteiger partial charge in [-0.3, -0.25) is 4.40 Å². The monoisotopic (exact) mass is 294 g/mol. The molecule has 2 heterocycles. The molecule has 21 heavy (non-hydrogen) atoms. The van der Waals surface area contributed by atoms with Crippen LogP contribution in [0.4, 0.5) is 0 Å². The van der Waals surface area contributed by atoms with Crippen LogP contribution in [0, 0.1) is 0 Å².